The maximum Gasteiger partial charge on any atom is 0.354 e. The summed E-state index contributed by atoms with van der Waals surface area (Å²) in [4.78, 5) is 63.8. The molecule has 0 bridgehead atoms. The number of aryl methyl sites for hydroxylation is 4. The molecule has 0 radical (unpaired) electrons. The first-order valence-electron chi connectivity index (χ1n) is 29.2. The number of hydrogen-bond donors (Lipinski definition) is 5. The van der Waals surface area contributed by atoms with Crippen LogP contribution in [0.3, 0.4) is 0 Å². The summed E-state index contributed by atoms with van der Waals surface area (Å²) in [5.41, 5.74) is 23.9. The molecule has 8 N–H and O–H groups in total. The maximum absolute atomic E-state index is 14.2. The molecule has 3 amide bonds. The molecule has 6 heterocycles. The zero-order chi connectivity index (χ0) is 62.5. The minimum absolute atomic E-state index is 0.135. The smallest absolute Gasteiger partial charge is 0.354 e. The molecule has 2 saturated heterocycles. The van der Waals surface area contributed by atoms with Crippen LogP contribution >= 0.6 is 0 Å². The largest absolute Gasteiger partial charge is 0.494 e. The molecule has 2 unspecified atom stereocenters. The summed E-state index contributed by atoms with van der Waals surface area (Å²) in [6, 6.07) is 17.6. The van der Waals surface area contributed by atoms with Crippen molar-refractivity contribution in [2.75, 3.05) is 39.8 Å². The van der Waals surface area contributed by atoms with Gasteiger partial charge in [0.1, 0.15) is 58.3 Å². The van der Waals surface area contributed by atoms with Crippen LogP contribution < -0.4 is 32.3 Å². The number of amides is 3. The number of aromatic nitrogens is 8. The molecular formula is C61H80N12O13Si. The van der Waals surface area contributed by atoms with E-state index in [9.17, 15) is 24.3 Å². The number of carboxylic acid groups (broad SMARTS) is 1. The quantitative estimate of drug-likeness (QED) is 0.0202. The van der Waals surface area contributed by atoms with Gasteiger partial charge in [0.05, 0.1) is 49.4 Å². The average molecular weight is 1220 g/mol. The molecule has 2 fully saturated rings. The number of anilines is 1. The van der Waals surface area contributed by atoms with Gasteiger partial charge in [-0.3, -0.25) is 23.7 Å². The van der Waals surface area contributed by atoms with E-state index in [2.05, 4.69) is 59.0 Å². The second-order valence-corrected chi connectivity index (χ2v) is 28.0. The van der Waals surface area contributed by atoms with E-state index in [4.69, 9.17) is 54.8 Å². The maximum atomic E-state index is 14.2. The van der Waals surface area contributed by atoms with Gasteiger partial charge in [-0.15, -0.1) is 0 Å². The van der Waals surface area contributed by atoms with Crippen LogP contribution in [0, 0.1) is 13.8 Å². The number of ether oxygens (including phenoxy) is 7. The number of primary amides is 2. The Balaban J connectivity index is 0.919. The van der Waals surface area contributed by atoms with Gasteiger partial charge in [0.15, 0.2) is 20.9 Å². The summed E-state index contributed by atoms with van der Waals surface area (Å²) < 4.78 is 57.9. The molecule has 4 aromatic heterocycles. The summed E-state index contributed by atoms with van der Waals surface area (Å²) in [5, 5.41) is 18.8. The number of carbonyl (C=O) groups excluding carboxylic acids is 3. The molecule has 466 valence electrons. The number of benzene rings is 3. The van der Waals surface area contributed by atoms with Crippen molar-refractivity contribution in [1.82, 2.24) is 38.7 Å². The van der Waals surface area contributed by atoms with Gasteiger partial charge in [-0.25, -0.2) is 9.78 Å². The Morgan fingerprint density at radius 3 is 2.25 bits per heavy atom. The molecule has 87 heavy (non-hydrogen) atoms. The number of imidazole rings is 2. The number of nitrogen functional groups attached to an aromatic ring is 1. The van der Waals surface area contributed by atoms with E-state index in [1.807, 2.05) is 56.3 Å². The van der Waals surface area contributed by atoms with E-state index in [-0.39, 0.29) is 72.0 Å². The van der Waals surface area contributed by atoms with Gasteiger partial charge in [-0.05, 0) is 88.5 Å². The molecule has 26 heteroatoms. The second kappa shape index (κ2) is 27.0. The lowest BCUT2D eigenvalue weighted by atomic mass is 9.97. The molecule has 0 aliphatic carbocycles. The number of aromatic amines is 1. The van der Waals surface area contributed by atoms with Crippen LogP contribution in [0.25, 0.3) is 22.1 Å². The summed E-state index contributed by atoms with van der Waals surface area (Å²) in [7, 11) is 0.604. The van der Waals surface area contributed by atoms with Gasteiger partial charge >= 0.3 is 5.97 Å². The highest BCUT2D eigenvalue weighted by Gasteiger charge is 2.54. The average Bonchev–Trinajstić information content (AvgIpc) is 2.07. The molecular weight excluding hydrogens is 1140 g/mol. The number of carbonyl (C=O) groups is 4. The third-order valence-corrected chi connectivity index (χ3v) is 20.7. The Morgan fingerprint density at radius 2 is 1.57 bits per heavy atom. The predicted octanol–water partition coefficient (Wildman–Crippen LogP) is 7.28. The van der Waals surface area contributed by atoms with Crippen molar-refractivity contribution >= 4 is 60.0 Å². The molecule has 0 spiro atoms. The topological polar surface area (TPSA) is 327 Å². The van der Waals surface area contributed by atoms with Crippen LogP contribution in [0.4, 0.5) is 5.95 Å². The van der Waals surface area contributed by atoms with Crippen molar-refractivity contribution in [1.29, 1.82) is 0 Å². The van der Waals surface area contributed by atoms with E-state index >= 15 is 0 Å². The number of allylic oxidation sites excluding steroid dienone is 2. The molecule has 2 aliphatic heterocycles. The van der Waals surface area contributed by atoms with Crippen LogP contribution in [0.1, 0.15) is 124 Å². The van der Waals surface area contributed by atoms with Gasteiger partial charge in [-0.1, -0.05) is 69.7 Å². The number of fused-ring (bicyclic) bond motifs is 3. The van der Waals surface area contributed by atoms with Crippen LogP contribution in [0.2, 0.25) is 18.1 Å². The zero-order valence-electron chi connectivity index (χ0n) is 51.0. The number of unbranched alkanes of at least 4 members (excludes halogenated alkanes) is 2. The number of nitrogens with one attached hydrogen (secondary N) is 1. The number of H-pyrrole nitrogens is 1. The van der Waals surface area contributed by atoms with Crippen molar-refractivity contribution in [2.24, 2.45) is 16.5 Å². The number of aromatic carboxylic acids is 1. The van der Waals surface area contributed by atoms with Crippen LogP contribution in [0.15, 0.2) is 77.8 Å². The highest BCUT2D eigenvalue weighted by atomic mass is 28.4. The molecule has 2 aliphatic rings. The fourth-order valence-corrected chi connectivity index (χ4v) is 12.2. The number of hydrogen-bond acceptors (Lipinski definition) is 16. The monoisotopic (exact) mass is 1220 g/mol. The Hall–Kier alpha value is -7.98. The zero-order valence-corrected chi connectivity index (χ0v) is 52.0. The van der Waals surface area contributed by atoms with Crippen molar-refractivity contribution in [2.45, 2.75) is 155 Å². The van der Waals surface area contributed by atoms with Crippen molar-refractivity contribution < 1.29 is 61.9 Å². The minimum Gasteiger partial charge on any atom is -0.494 e. The summed E-state index contributed by atoms with van der Waals surface area (Å²) in [6.45, 7) is 18.2. The summed E-state index contributed by atoms with van der Waals surface area (Å²) in [6.07, 6.45) is 3.07. The highest BCUT2D eigenvalue weighted by molar-refractivity contribution is 6.74. The van der Waals surface area contributed by atoms with Gasteiger partial charge in [0.25, 0.3) is 5.91 Å². The number of carboxylic acids is 1. The Morgan fingerprint density at radius 1 is 0.862 bits per heavy atom. The first kappa shape index (κ1) is 63.5. The van der Waals surface area contributed by atoms with Crippen LogP contribution in [-0.4, -0.2) is 141 Å². The summed E-state index contributed by atoms with van der Waals surface area (Å²) in [5.74, 6) is -2.17. The number of nitrogens with zero attached hydrogens (tertiary/aromatic N) is 8. The van der Waals surface area contributed by atoms with Gasteiger partial charge in [-0.2, -0.15) is 15.2 Å². The van der Waals surface area contributed by atoms with E-state index in [1.165, 1.54) is 17.9 Å². The molecule has 0 saturated carbocycles. The van der Waals surface area contributed by atoms with E-state index in [1.54, 1.807) is 52.1 Å². The number of methoxy groups -OCH3 is 2. The standard InChI is InChI=1S/C61H80N12O13Si/c1-11-72-47(56(77)78)40(36(3)69-72)23-16-13-17-26-73-43(29-35(2)68-73)55(76)67-60-66-42-31-38(53(62)74)32-44(79-7)48(42)71(60)25-19-18-24-70-49-41(65-59(70)64)30-39(54(63)75)33-45(49)81-27-20-28-82-52-51(86-87(9,10)61(4,5)6)50-46(84-58(52)80-8)34-83-57(85-50)37-21-14-12-15-22-37/h12,14-15,18-19,21-22,29-33,46,50-52,57-58H,11,13,16-17,20,23-28,34H2,1-10H3,(H2,62,74)(H2,63,75)(H2,64,65)(H,77,78)(H,66,67,76)/b19-18+/t46-,50-,51?,52-,57?,58+/m1/s1. The molecule has 3 aromatic carbocycles. The van der Waals surface area contributed by atoms with Crippen molar-refractivity contribution in [3.05, 3.63) is 123 Å². The van der Waals surface area contributed by atoms with E-state index in [0.29, 0.717) is 83.7 Å². The number of nitrogens with two attached hydrogens (primary N) is 3. The highest BCUT2D eigenvalue weighted by Crippen LogP contribution is 2.43. The Labute approximate surface area is 504 Å². The SMILES string of the molecule is CCn1nc(C)c(CCCCCn2nc(C)cc2C(=O)/N=c2\[nH]c3cc(C(N)=O)cc(OC)c3n2C/C=C/Cn2c(N)nc3cc(C(N)=O)cc(OCCCO[C@@H]4C(O[Si](C)(C)C(C)(C)C)[C@@H]5OC(c6ccccc6)OC[C@H]5O[C@@H]4OC)c32)c1C(=O)O. The fourth-order valence-electron chi connectivity index (χ4n) is 10.9. The first-order chi connectivity index (χ1) is 41.5. The lowest BCUT2D eigenvalue weighted by Gasteiger charge is -2.51. The van der Waals surface area contributed by atoms with E-state index in [0.717, 1.165) is 17.5 Å². The Kier molecular flexibility index (Phi) is 19.7. The molecule has 7 aromatic rings. The Bertz CT molecular complexity index is 3740. The third kappa shape index (κ3) is 13.9. The lowest BCUT2D eigenvalue weighted by molar-refractivity contribution is -0.360. The number of rotatable bonds is 26. The van der Waals surface area contributed by atoms with Crippen LogP contribution in [-0.2, 0) is 60.7 Å². The fraction of sp³-hybridized carbons (Fsp3) is 0.475. The molecule has 6 atom stereocenters. The van der Waals surface area contributed by atoms with Gasteiger partial charge in [0, 0.05) is 62.0 Å². The molecule has 9 rings (SSSR count). The minimum atomic E-state index is -2.43. The van der Waals surface area contributed by atoms with Crippen LogP contribution in [0.5, 0.6) is 11.5 Å². The third-order valence-electron chi connectivity index (χ3n) is 16.3. The molecule has 25 nitrogen and oxygen atoms in total. The summed E-state index contributed by atoms with van der Waals surface area (Å²) >= 11 is 0. The predicted molar refractivity (Wildman–Crippen MR) is 325 cm³/mol. The van der Waals surface area contributed by atoms with Crippen molar-refractivity contribution in [3.8, 4) is 11.5 Å². The normalized spacial score (nSPS) is 19.3. The van der Waals surface area contributed by atoms with Gasteiger partial charge < -0.3 is 74.0 Å². The second-order valence-electron chi connectivity index (χ2n) is 23.2. The first-order valence-corrected chi connectivity index (χ1v) is 32.1. The van der Waals surface area contributed by atoms with E-state index < -0.39 is 69.0 Å². The van der Waals surface area contributed by atoms with Crippen molar-refractivity contribution in [3.63, 3.8) is 0 Å². The van der Waals surface area contributed by atoms with Gasteiger partial charge in [0.2, 0.25) is 23.4 Å². The lowest BCUT2D eigenvalue weighted by Crippen LogP contribution is -2.66.